The smallest absolute Gasteiger partial charge is 0.330 e. The largest absolute Gasteiger partial charge is 0.545 e. The minimum Gasteiger partial charge on any atom is -0.545 e. The molecule has 0 aliphatic rings. The Morgan fingerprint density at radius 2 is 1.27 bits per heavy atom. The minimum atomic E-state index is -1.41. The third kappa shape index (κ3) is 29.2. The molecule has 8 heteroatoms. The summed E-state index contributed by atoms with van der Waals surface area (Å²) in [6.07, 6.45) is 5.72. The zero-order chi connectivity index (χ0) is 20.8. The van der Waals surface area contributed by atoms with E-state index in [1.165, 1.54) is 6.08 Å². The molecular weight excluding hydrogens is 344 g/mol. The normalized spacial score (nSPS) is 8.73. The van der Waals surface area contributed by atoms with Crippen LogP contribution in [0.2, 0.25) is 0 Å². The number of rotatable bonds is 9. The summed E-state index contributed by atoms with van der Waals surface area (Å²) < 4.78 is 13.5. The second-order valence-electron chi connectivity index (χ2n) is 4.09. The number of aliphatic carboxylic acids is 1. The Hall–Kier alpha value is -2.90. The van der Waals surface area contributed by atoms with Crippen LogP contribution in [0.3, 0.4) is 0 Å². The first-order chi connectivity index (χ1) is 12.3. The molecule has 0 amide bonds. The predicted octanol–water partition coefficient (Wildman–Crippen LogP) is 1.11. The van der Waals surface area contributed by atoms with Crippen molar-refractivity contribution in [2.45, 2.75) is 33.6 Å². The molecule has 0 aliphatic carbocycles. The lowest BCUT2D eigenvalue weighted by molar-refractivity contribution is -0.297. The maximum Gasteiger partial charge on any atom is 0.330 e. The van der Waals surface area contributed by atoms with Gasteiger partial charge < -0.3 is 24.1 Å². The van der Waals surface area contributed by atoms with Crippen LogP contribution >= 0.6 is 0 Å². The highest BCUT2D eigenvalue weighted by Crippen LogP contribution is 1.88. The molecule has 0 rings (SSSR count). The van der Waals surface area contributed by atoms with E-state index in [9.17, 15) is 24.3 Å². The van der Waals surface area contributed by atoms with Crippen molar-refractivity contribution in [3.8, 4) is 0 Å². The highest BCUT2D eigenvalue weighted by molar-refractivity contribution is 5.89. The van der Waals surface area contributed by atoms with Gasteiger partial charge in [-0.3, -0.25) is 0 Å². The fourth-order valence-corrected chi connectivity index (χ4v) is 0.904. The molecule has 0 atom stereocenters. The van der Waals surface area contributed by atoms with Gasteiger partial charge in [0.1, 0.15) is 0 Å². The van der Waals surface area contributed by atoms with Crippen molar-refractivity contribution < 1.29 is 38.5 Å². The number of ether oxygens (including phenoxy) is 3. The molecule has 0 aliphatic heterocycles. The molecular formula is C18H27O8-. The van der Waals surface area contributed by atoms with Crippen molar-refractivity contribution in [2.24, 2.45) is 0 Å². The summed E-state index contributed by atoms with van der Waals surface area (Å²) in [4.78, 5) is 40.5. The summed E-state index contributed by atoms with van der Waals surface area (Å²) in [5.74, 6) is -2.77. The number of hydrogen-bond acceptors (Lipinski definition) is 8. The molecule has 0 fully saturated rings. The second kappa shape index (κ2) is 22.1. The van der Waals surface area contributed by atoms with Gasteiger partial charge in [0.2, 0.25) is 0 Å². The molecule has 0 heterocycles. The van der Waals surface area contributed by atoms with E-state index in [4.69, 9.17) is 0 Å². The molecule has 0 bridgehead atoms. The number of carbonyl (C=O) groups is 4. The first-order valence-electron chi connectivity index (χ1n) is 7.92. The van der Waals surface area contributed by atoms with E-state index in [0.717, 1.165) is 25.0 Å². The van der Waals surface area contributed by atoms with Crippen molar-refractivity contribution in [3.05, 3.63) is 37.5 Å². The average Bonchev–Trinajstić information content (AvgIpc) is 2.61. The van der Waals surface area contributed by atoms with Crippen LogP contribution < -0.4 is 5.11 Å². The van der Waals surface area contributed by atoms with Crippen LogP contribution in [0.4, 0.5) is 0 Å². The van der Waals surface area contributed by atoms with E-state index in [1.807, 2.05) is 6.92 Å². The van der Waals surface area contributed by atoms with Gasteiger partial charge in [0.15, 0.2) is 0 Å². The zero-order valence-corrected chi connectivity index (χ0v) is 15.5. The molecule has 0 unspecified atom stereocenters. The number of unbranched alkanes of at least 4 members (excludes halogenated alkanes) is 1. The second-order valence-corrected chi connectivity index (χ2v) is 4.09. The number of carboxylic acid groups (broad SMARTS) is 1. The molecule has 0 N–H and O–H groups in total. The molecule has 0 radical (unpaired) electrons. The van der Waals surface area contributed by atoms with Gasteiger partial charge in [0, 0.05) is 18.2 Å². The van der Waals surface area contributed by atoms with Crippen molar-refractivity contribution in [1.29, 1.82) is 0 Å². The van der Waals surface area contributed by atoms with E-state index in [0.29, 0.717) is 19.3 Å². The summed E-state index contributed by atoms with van der Waals surface area (Å²) >= 11 is 0. The molecule has 0 spiro atoms. The standard InChI is InChI=1S/C7H12O2.C6H8O4.C5H8O2/c1-3-5-6-9-7(8)4-2;1-2-10-6(9)4-3-5(7)8;1-3-5(6)7-4-2/h4H,2-3,5-6H2,1H3;3-4H,2H2,1H3,(H,7,8);3H,1,4H2,2H3/p-1/b;4-3+;. The molecule has 0 aromatic rings. The quantitative estimate of drug-likeness (QED) is 0.256. The Balaban J connectivity index is -0.000000310. The van der Waals surface area contributed by atoms with Crippen LogP contribution in [0.25, 0.3) is 0 Å². The van der Waals surface area contributed by atoms with E-state index in [2.05, 4.69) is 27.4 Å². The Kier molecular flexibility index (Phi) is 23.7. The van der Waals surface area contributed by atoms with Crippen LogP contribution in [0, 0.1) is 0 Å². The van der Waals surface area contributed by atoms with Gasteiger partial charge in [0.25, 0.3) is 0 Å². The molecule has 26 heavy (non-hydrogen) atoms. The Morgan fingerprint density at radius 3 is 1.62 bits per heavy atom. The van der Waals surface area contributed by atoms with Gasteiger partial charge in [0.05, 0.1) is 25.8 Å². The number of carbonyl (C=O) groups excluding carboxylic acids is 4. The molecule has 148 valence electrons. The molecule has 0 saturated heterocycles. The first-order valence-corrected chi connectivity index (χ1v) is 7.92. The monoisotopic (exact) mass is 371 g/mol. The van der Waals surface area contributed by atoms with Crippen LogP contribution in [0.5, 0.6) is 0 Å². The van der Waals surface area contributed by atoms with Crippen LogP contribution in [-0.4, -0.2) is 43.7 Å². The van der Waals surface area contributed by atoms with E-state index < -0.39 is 11.9 Å². The third-order valence-corrected chi connectivity index (χ3v) is 2.00. The lowest BCUT2D eigenvalue weighted by Crippen LogP contribution is -2.19. The van der Waals surface area contributed by atoms with Crippen molar-refractivity contribution in [1.82, 2.24) is 0 Å². The first kappa shape index (κ1) is 27.9. The zero-order valence-electron chi connectivity index (χ0n) is 15.5. The number of carboxylic acids is 1. The van der Waals surface area contributed by atoms with Gasteiger partial charge in [-0.25, -0.2) is 14.4 Å². The number of esters is 3. The van der Waals surface area contributed by atoms with Crippen molar-refractivity contribution >= 4 is 23.9 Å². The SMILES string of the molecule is C=CC(=O)OCC.C=CC(=O)OCCCC.CCOC(=O)/C=C/C(=O)[O-]. The Labute approximate surface area is 154 Å². The highest BCUT2D eigenvalue weighted by Gasteiger charge is 1.91. The average molecular weight is 371 g/mol. The molecule has 8 nitrogen and oxygen atoms in total. The molecule has 0 aromatic carbocycles. The topological polar surface area (TPSA) is 119 Å². The fourth-order valence-electron chi connectivity index (χ4n) is 0.904. The number of hydrogen-bond donors (Lipinski definition) is 0. The Morgan fingerprint density at radius 1 is 0.808 bits per heavy atom. The van der Waals surface area contributed by atoms with E-state index in [-0.39, 0.29) is 18.5 Å². The van der Waals surface area contributed by atoms with Gasteiger partial charge in [-0.2, -0.15) is 0 Å². The van der Waals surface area contributed by atoms with Gasteiger partial charge in [-0.15, -0.1) is 0 Å². The lowest BCUT2D eigenvalue weighted by atomic mass is 10.4. The summed E-state index contributed by atoms with van der Waals surface area (Å²) in [5.41, 5.74) is 0. The van der Waals surface area contributed by atoms with Crippen LogP contribution in [0.1, 0.15) is 33.6 Å². The predicted molar refractivity (Wildman–Crippen MR) is 93.7 cm³/mol. The van der Waals surface area contributed by atoms with Gasteiger partial charge in [-0.1, -0.05) is 26.5 Å². The van der Waals surface area contributed by atoms with E-state index >= 15 is 0 Å². The summed E-state index contributed by atoms with van der Waals surface area (Å²) in [5, 5.41) is 9.70. The van der Waals surface area contributed by atoms with Crippen molar-refractivity contribution in [2.75, 3.05) is 19.8 Å². The van der Waals surface area contributed by atoms with Crippen LogP contribution in [0.15, 0.2) is 37.5 Å². The fraction of sp³-hybridized carbons (Fsp3) is 0.444. The lowest BCUT2D eigenvalue weighted by Gasteiger charge is -1.97. The van der Waals surface area contributed by atoms with Crippen molar-refractivity contribution in [3.63, 3.8) is 0 Å². The molecule has 0 aromatic heterocycles. The maximum atomic E-state index is 10.3. The Bertz CT molecular complexity index is 466. The van der Waals surface area contributed by atoms with Gasteiger partial charge in [-0.05, 0) is 26.3 Å². The summed E-state index contributed by atoms with van der Waals surface area (Å²) in [6.45, 7) is 13.1. The summed E-state index contributed by atoms with van der Waals surface area (Å²) in [7, 11) is 0. The highest BCUT2D eigenvalue weighted by atomic mass is 16.5. The van der Waals surface area contributed by atoms with Crippen LogP contribution in [-0.2, 0) is 33.4 Å². The third-order valence-electron chi connectivity index (χ3n) is 2.00. The maximum absolute atomic E-state index is 10.3. The van der Waals surface area contributed by atoms with Gasteiger partial charge >= 0.3 is 17.9 Å². The summed E-state index contributed by atoms with van der Waals surface area (Å²) in [6, 6.07) is 0. The molecule has 0 saturated carbocycles. The minimum absolute atomic E-state index is 0.232. The van der Waals surface area contributed by atoms with E-state index in [1.54, 1.807) is 13.8 Å².